The Morgan fingerprint density at radius 3 is 2.54 bits per heavy atom. The maximum absolute atomic E-state index is 13.2. The average Bonchev–Trinajstić information content (AvgIpc) is 3.39. The van der Waals surface area contributed by atoms with Gasteiger partial charge in [0.15, 0.2) is 23.0 Å². The van der Waals surface area contributed by atoms with Crippen molar-refractivity contribution in [2.45, 2.75) is 20.0 Å². The molecule has 0 fully saturated rings. The Labute approximate surface area is 221 Å². The van der Waals surface area contributed by atoms with Crippen molar-refractivity contribution in [3.05, 3.63) is 80.3 Å². The third kappa shape index (κ3) is 4.97. The van der Waals surface area contributed by atoms with Crippen molar-refractivity contribution in [3.63, 3.8) is 0 Å². The molecule has 5 rings (SSSR count). The molecule has 190 valence electrons. The van der Waals surface area contributed by atoms with Crippen LogP contribution >= 0.6 is 15.9 Å². The van der Waals surface area contributed by atoms with Crippen LogP contribution in [-0.2, 0) is 13.0 Å². The molecule has 0 radical (unpaired) electrons. The fourth-order valence-electron chi connectivity index (χ4n) is 3.97. The summed E-state index contributed by atoms with van der Waals surface area (Å²) < 4.78 is 30.2. The quantitative estimate of drug-likeness (QED) is 0.280. The Morgan fingerprint density at radius 1 is 1.05 bits per heavy atom. The summed E-state index contributed by atoms with van der Waals surface area (Å²) >= 11 is 3.42. The molecule has 0 N–H and O–H groups in total. The molecule has 0 aliphatic carbocycles. The fraction of sp³-hybridized carbons (Fsp3) is 0.222. The summed E-state index contributed by atoms with van der Waals surface area (Å²) in [6.45, 7) is 2.41. The van der Waals surface area contributed by atoms with Crippen LogP contribution in [0.1, 0.15) is 23.9 Å². The van der Waals surface area contributed by atoms with Crippen molar-refractivity contribution < 1.29 is 23.7 Å². The number of ether oxygens (including phenoxy) is 5. The summed E-state index contributed by atoms with van der Waals surface area (Å²) in [6.07, 6.45) is 2.11. The van der Waals surface area contributed by atoms with Gasteiger partial charge in [0.1, 0.15) is 12.4 Å². The van der Waals surface area contributed by atoms with E-state index in [1.165, 1.54) is 4.68 Å². The molecule has 37 heavy (non-hydrogen) atoms. The fourth-order valence-corrected chi connectivity index (χ4v) is 4.33. The van der Waals surface area contributed by atoms with Gasteiger partial charge in [-0.25, -0.2) is 4.98 Å². The number of aromatic nitrogens is 2. The van der Waals surface area contributed by atoms with E-state index in [4.69, 9.17) is 23.7 Å². The molecule has 3 aromatic carbocycles. The molecule has 10 heteroatoms. The topological polar surface area (TPSA) is 93.4 Å². The van der Waals surface area contributed by atoms with E-state index in [1.54, 1.807) is 38.6 Å². The molecular weight excluding hydrogens is 542 g/mol. The zero-order chi connectivity index (χ0) is 25.9. The van der Waals surface area contributed by atoms with Crippen LogP contribution in [0, 0.1) is 0 Å². The van der Waals surface area contributed by atoms with Gasteiger partial charge in [0.25, 0.3) is 5.56 Å². The minimum atomic E-state index is -0.248. The zero-order valence-electron chi connectivity index (χ0n) is 20.5. The third-order valence-electron chi connectivity index (χ3n) is 5.82. The first-order chi connectivity index (χ1) is 18.0. The van der Waals surface area contributed by atoms with Crippen LogP contribution in [0.15, 0.2) is 62.9 Å². The average molecular weight is 566 g/mol. The van der Waals surface area contributed by atoms with Crippen molar-refractivity contribution in [2.75, 3.05) is 21.0 Å². The first kappa shape index (κ1) is 24.6. The van der Waals surface area contributed by atoms with Crippen LogP contribution in [0.25, 0.3) is 10.9 Å². The highest BCUT2D eigenvalue weighted by molar-refractivity contribution is 9.10. The Morgan fingerprint density at radius 2 is 1.81 bits per heavy atom. The van der Waals surface area contributed by atoms with Gasteiger partial charge < -0.3 is 23.7 Å². The monoisotopic (exact) mass is 565 g/mol. The van der Waals surface area contributed by atoms with E-state index in [1.807, 2.05) is 37.3 Å². The minimum Gasteiger partial charge on any atom is -0.493 e. The lowest BCUT2D eigenvalue weighted by Crippen LogP contribution is -2.22. The number of fused-ring (bicyclic) bond motifs is 2. The first-order valence-corrected chi connectivity index (χ1v) is 12.3. The molecule has 0 bridgehead atoms. The summed E-state index contributed by atoms with van der Waals surface area (Å²) in [4.78, 5) is 17.8. The van der Waals surface area contributed by atoms with Crippen LogP contribution in [0.4, 0.5) is 0 Å². The third-order valence-corrected chi connectivity index (χ3v) is 6.31. The second-order valence-electron chi connectivity index (χ2n) is 8.14. The molecule has 0 saturated carbocycles. The van der Waals surface area contributed by atoms with E-state index in [2.05, 4.69) is 26.0 Å². The van der Waals surface area contributed by atoms with E-state index in [0.29, 0.717) is 57.5 Å². The number of hydrogen-bond acceptors (Lipinski definition) is 8. The number of nitrogens with zero attached hydrogens (tertiary/aromatic N) is 3. The van der Waals surface area contributed by atoms with E-state index in [0.717, 1.165) is 10.0 Å². The lowest BCUT2D eigenvalue weighted by atomic mass is 10.2. The van der Waals surface area contributed by atoms with Gasteiger partial charge >= 0.3 is 0 Å². The van der Waals surface area contributed by atoms with Gasteiger partial charge in [0.2, 0.25) is 12.5 Å². The lowest BCUT2D eigenvalue weighted by Gasteiger charge is -2.15. The van der Waals surface area contributed by atoms with Crippen LogP contribution in [0.2, 0.25) is 0 Å². The molecule has 1 aliphatic rings. The predicted molar refractivity (Wildman–Crippen MR) is 143 cm³/mol. The van der Waals surface area contributed by atoms with E-state index < -0.39 is 0 Å². The summed E-state index contributed by atoms with van der Waals surface area (Å²) in [7, 11) is 3.10. The molecule has 0 atom stereocenters. The number of halogens is 1. The van der Waals surface area contributed by atoms with Gasteiger partial charge in [-0.1, -0.05) is 28.9 Å². The maximum atomic E-state index is 13.2. The van der Waals surface area contributed by atoms with Crippen molar-refractivity contribution in [1.82, 2.24) is 9.66 Å². The van der Waals surface area contributed by atoms with E-state index >= 15 is 0 Å². The predicted octanol–water partition coefficient (Wildman–Crippen LogP) is 4.93. The molecule has 2 heterocycles. The maximum Gasteiger partial charge on any atom is 0.282 e. The molecule has 0 saturated heterocycles. The highest BCUT2D eigenvalue weighted by Crippen LogP contribution is 2.39. The highest BCUT2D eigenvalue weighted by Gasteiger charge is 2.17. The largest absolute Gasteiger partial charge is 0.493 e. The van der Waals surface area contributed by atoms with Crippen molar-refractivity contribution in [3.8, 4) is 28.7 Å². The van der Waals surface area contributed by atoms with Crippen LogP contribution in [0.3, 0.4) is 0 Å². The van der Waals surface area contributed by atoms with Gasteiger partial charge in [-0.3, -0.25) is 4.79 Å². The van der Waals surface area contributed by atoms with Crippen molar-refractivity contribution >= 4 is 33.0 Å². The SMILES string of the molecule is CCc1nc2ccc(Br)cc2c(=O)n1N=Cc1cc(OC)c(OCc2ccc3c(c2)OCO3)c(OC)c1. The molecular formula is C27H24BrN3O6. The first-order valence-electron chi connectivity index (χ1n) is 11.5. The molecule has 0 spiro atoms. The van der Waals surface area contributed by atoms with Gasteiger partial charge in [0, 0.05) is 16.5 Å². The zero-order valence-corrected chi connectivity index (χ0v) is 22.1. The number of aryl methyl sites for hydroxylation is 1. The normalized spacial score (nSPS) is 12.3. The summed E-state index contributed by atoms with van der Waals surface area (Å²) in [5.74, 6) is 3.32. The molecule has 1 aromatic heterocycles. The van der Waals surface area contributed by atoms with Gasteiger partial charge in [-0.05, 0) is 48.0 Å². The number of benzene rings is 3. The molecule has 9 nitrogen and oxygen atoms in total. The van der Waals surface area contributed by atoms with E-state index in [-0.39, 0.29) is 19.0 Å². The molecule has 1 aliphatic heterocycles. The Balaban J connectivity index is 1.45. The van der Waals surface area contributed by atoms with Crippen LogP contribution in [-0.4, -0.2) is 36.9 Å². The second-order valence-corrected chi connectivity index (χ2v) is 9.05. The van der Waals surface area contributed by atoms with Gasteiger partial charge in [-0.2, -0.15) is 9.78 Å². The standard InChI is InChI=1S/C27H24BrN3O6/c1-4-25-30-20-7-6-18(28)12-19(20)27(32)31(25)29-13-17-10-23(33-2)26(24(11-17)34-3)35-14-16-5-8-21-22(9-16)37-15-36-21/h5-13H,4,14-15H2,1-3H3. The van der Waals surface area contributed by atoms with Gasteiger partial charge in [0.05, 0.1) is 31.3 Å². The second kappa shape index (κ2) is 10.5. The Kier molecular flexibility index (Phi) is 7.00. The summed E-state index contributed by atoms with van der Waals surface area (Å²) in [6, 6.07) is 14.6. The van der Waals surface area contributed by atoms with Crippen LogP contribution < -0.4 is 29.2 Å². The molecule has 4 aromatic rings. The molecule has 0 amide bonds. The number of methoxy groups -OCH3 is 2. The minimum absolute atomic E-state index is 0.211. The number of hydrogen-bond donors (Lipinski definition) is 0. The summed E-state index contributed by atoms with van der Waals surface area (Å²) in [5, 5.41) is 4.94. The highest BCUT2D eigenvalue weighted by atomic mass is 79.9. The Bertz CT molecular complexity index is 1540. The van der Waals surface area contributed by atoms with Crippen molar-refractivity contribution in [1.29, 1.82) is 0 Å². The Hall–Kier alpha value is -4.05. The van der Waals surface area contributed by atoms with Gasteiger partial charge in [-0.15, -0.1) is 0 Å². The smallest absolute Gasteiger partial charge is 0.282 e. The molecule has 0 unspecified atom stereocenters. The summed E-state index contributed by atoms with van der Waals surface area (Å²) in [5.41, 5.74) is 1.94. The van der Waals surface area contributed by atoms with Crippen LogP contribution in [0.5, 0.6) is 28.7 Å². The van der Waals surface area contributed by atoms with E-state index in [9.17, 15) is 4.79 Å². The van der Waals surface area contributed by atoms with Crippen molar-refractivity contribution in [2.24, 2.45) is 5.10 Å². The lowest BCUT2D eigenvalue weighted by molar-refractivity contribution is 0.174. The number of rotatable bonds is 8.